The summed E-state index contributed by atoms with van der Waals surface area (Å²) in [6, 6.07) is 0. The van der Waals surface area contributed by atoms with E-state index in [0.717, 1.165) is 5.57 Å². The number of rotatable bonds is 12. The molecule has 2 aliphatic rings. The van der Waals surface area contributed by atoms with E-state index < -0.39 is 54.6 Å². The largest absolute Gasteiger partial charge is 0.462 e. The summed E-state index contributed by atoms with van der Waals surface area (Å²) in [5.41, 5.74) is 1.03. The van der Waals surface area contributed by atoms with E-state index in [9.17, 15) is 30.0 Å². The van der Waals surface area contributed by atoms with Crippen LogP contribution in [0.1, 0.15) is 68.2 Å². The van der Waals surface area contributed by atoms with Crippen LogP contribution in [0.2, 0.25) is 0 Å². The van der Waals surface area contributed by atoms with Crippen LogP contribution >= 0.6 is 0 Å². The zero-order valence-electron chi connectivity index (χ0n) is 25.8. The van der Waals surface area contributed by atoms with Gasteiger partial charge in [0, 0.05) is 42.2 Å². The van der Waals surface area contributed by atoms with Gasteiger partial charge in [0.05, 0.1) is 30.3 Å². The van der Waals surface area contributed by atoms with Crippen molar-refractivity contribution in [2.24, 2.45) is 46.4 Å². The van der Waals surface area contributed by atoms with Crippen molar-refractivity contribution in [3.8, 4) is 0 Å². The van der Waals surface area contributed by atoms with Gasteiger partial charge in [-0.05, 0) is 32.3 Å². The van der Waals surface area contributed by atoms with Crippen LogP contribution in [0.4, 0.5) is 4.79 Å². The van der Waals surface area contributed by atoms with Crippen LogP contribution in [0.15, 0.2) is 40.9 Å². The number of nitrogens with zero attached hydrogens (tertiary/aromatic N) is 1. The standard InChI is InChI=1S/C32H51NO8/c1-17(15-21(5)28(36)23(7)30-19(3)10-9-13-33-32(39)41-30)14-20(4)27(35)18(2)11-12-25(34)16-26-22(6)29(37)24(8)31(38)40-26/h9-14,18-30,34-37H,15-16H2,1-8H3/b10-9-,12-11-,17-14-,33-13?/t18-,19-,20-,21-,22-,23-,24+,25?,26-,27-,28+,29-,30?/m0/s1. The van der Waals surface area contributed by atoms with Crippen LogP contribution in [-0.2, 0) is 14.3 Å². The number of carbonyl (C=O) groups excluding carboxylic acids is 2. The molecule has 41 heavy (non-hydrogen) atoms. The van der Waals surface area contributed by atoms with E-state index in [1.54, 1.807) is 32.1 Å². The van der Waals surface area contributed by atoms with Crippen LogP contribution in [0, 0.1) is 41.4 Å². The summed E-state index contributed by atoms with van der Waals surface area (Å²) in [4.78, 5) is 27.6. The molecule has 232 valence electrons. The smallest absolute Gasteiger partial charge is 0.433 e. The third-order valence-electron chi connectivity index (χ3n) is 8.73. The lowest BCUT2D eigenvalue weighted by Crippen LogP contribution is -2.47. The Hall–Kier alpha value is -2.33. The molecule has 0 aliphatic carbocycles. The summed E-state index contributed by atoms with van der Waals surface area (Å²) < 4.78 is 10.9. The molecule has 0 saturated carbocycles. The maximum absolute atomic E-state index is 12.0. The number of aliphatic hydroxyl groups excluding tert-OH is 4. The van der Waals surface area contributed by atoms with Gasteiger partial charge in [0.25, 0.3) is 0 Å². The van der Waals surface area contributed by atoms with Gasteiger partial charge in [0.2, 0.25) is 0 Å². The fourth-order valence-corrected chi connectivity index (χ4v) is 5.89. The van der Waals surface area contributed by atoms with Gasteiger partial charge in [0.15, 0.2) is 0 Å². The molecule has 0 aromatic heterocycles. The Morgan fingerprint density at radius 3 is 2.32 bits per heavy atom. The van der Waals surface area contributed by atoms with Crippen molar-refractivity contribution in [2.45, 2.75) is 105 Å². The molecule has 2 unspecified atom stereocenters. The molecule has 1 amide bonds. The zero-order valence-corrected chi connectivity index (χ0v) is 25.8. The second kappa shape index (κ2) is 15.8. The molecule has 2 rings (SSSR count). The third kappa shape index (κ3) is 9.87. The highest BCUT2D eigenvalue weighted by Crippen LogP contribution is 2.31. The average Bonchev–Trinajstić information content (AvgIpc) is 2.91. The van der Waals surface area contributed by atoms with Crippen LogP contribution in [0.5, 0.6) is 0 Å². The van der Waals surface area contributed by atoms with Crippen molar-refractivity contribution in [2.75, 3.05) is 0 Å². The van der Waals surface area contributed by atoms with Gasteiger partial charge >= 0.3 is 12.1 Å². The summed E-state index contributed by atoms with van der Waals surface area (Å²) in [5.74, 6) is -2.25. The zero-order chi connectivity index (χ0) is 31.0. The molecule has 0 radical (unpaired) electrons. The van der Waals surface area contributed by atoms with Crippen LogP contribution in [0.25, 0.3) is 0 Å². The topological polar surface area (TPSA) is 146 Å². The molecule has 0 aromatic rings. The molecule has 9 heteroatoms. The Morgan fingerprint density at radius 1 is 1.00 bits per heavy atom. The fourth-order valence-electron chi connectivity index (χ4n) is 5.89. The predicted molar refractivity (Wildman–Crippen MR) is 158 cm³/mol. The number of hydrogen-bond acceptors (Lipinski definition) is 8. The first-order valence-electron chi connectivity index (χ1n) is 14.8. The molecule has 4 N–H and O–H groups in total. The summed E-state index contributed by atoms with van der Waals surface area (Å²) in [6.07, 6.45) is 6.33. The number of allylic oxidation sites excluding steroid dienone is 2. The van der Waals surface area contributed by atoms with Crippen LogP contribution in [-0.4, -0.2) is 75.3 Å². The monoisotopic (exact) mass is 577 g/mol. The Kier molecular flexibility index (Phi) is 13.4. The van der Waals surface area contributed by atoms with Crippen molar-refractivity contribution < 1.29 is 39.5 Å². The van der Waals surface area contributed by atoms with Gasteiger partial charge in [-0.2, -0.15) is 4.99 Å². The number of aliphatic hydroxyl groups is 4. The number of aliphatic imine (C=N–C) groups is 1. The summed E-state index contributed by atoms with van der Waals surface area (Å²) in [6.45, 7) is 15.0. The van der Waals surface area contributed by atoms with Gasteiger partial charge in [-0.1, -0.05) is 71.4 Å². The van der Waals surface area contributed by atoms with Gasteiger partial charge in [-0.25, -0.2) is 4.79 Å². The van der Waals surface area contributed by atoms with Gasteiger partial charge in [-0.3, -0.25) is 4.79 Å². The number of carbonyl (C=O) groups is 2. The molecule has 0 aromatic carbocycles. The number of cyclic esters (lactones) is 2. The molecule has 0 spiro atoms. The average molecular weight is 578 g/mol. The lowest BCUT2D eigenvalue weighted by Gasteiger charge is -2.36. The molecule has 2 aliphatic heterocycles. The van der Waals surface area contributed by atoms with Crippen molar-refractivity contribution in [3.05, 3.63) is 36.0 Å². The minimum Gasteiger partial charge on any atom is -0.462 e. The SMILES string of the molecule is C/C(=C/[C@H](C)[C@@H](O)[C@@H](C)/C=C\C(O)C[C@@H]1OC(=O)[C@H](C)[C@@H](O)[C@H]1C)C[C@H](C)[C@@H](O)[C@H](C)C1OC(=O)N=C/C=C\[C@@H]1C. The normalized spacial score (nSPS) is 33.5. The second-order valence-corrected chi connectivity index (χ2v) is 12.4. The van der Waals surface area contributed by atoms with E-state index in [4.69, 9.17) is 9.47 Å². The van der Waals surface area contributed by atoms with Crippen LogP contribution in [0.3, 0.4) is 0 Å². The number of hydrogen-bond donors (Lipinski definition) is 4. The van der Waals surface area contributed by atoms with E-state index in [0.29, 0.717) is 6.42 Å². The highest BCUT2D eigenvalue weighted by atomic mass is 16.6. The van der Waals surface area contributed by atoms with Gasteiger partial charge in [-0.15, -0.1) is 0 Å². The molecule has 1 saturated heterocycles. The van der Waals surface area contributed by atoms with E-state index in [1.807, 2.05) is 53.7 Å². The number of ether oxygens (including phenoxy) is 2. The summed E-state index contributed by atoms with van der Waals surface area (Å²) in [5, 5.41) is 42.8. The van der Waals surface area contributed by atoms with E-state index in [-0.39, 0.29) is 41.9 Å². The molecule has 1 fully saturated rings. The lowest BCUT2D eigenvalue weighted by atomic mass is 9.81. The highest BCUT2D eigenvalue weighted by molar-refractivity contribution is 5.85. The molecule has 2 heterocycles. The molecular formula is C32H51NO8. The first-order chi connectivity index (χ1) is 19.1. The van der Waals surface area contributed by atoms with Crippen LogP contribution < -0.4 is 0 Å². The first kappa shape index (κ1) is 34.9. The minimum atomic E-state index is -0.885. The van der Waals surface area contributed by atoms with Crippen molar-refractivity contribution in [1.29, 1.82) is 0 Å². The molecule has 9 nitrogen and oxygen atoms in total. The summed E-state index contributed by atoms with van der Waals surface area (Å²) in [7, 11) is 0. The number of esters is 1. The summed E-state index contributed by atoms with van der Waals surface area (Å²) >= 11 is 0. The third-order valence-corrected chi connectivity index (χ3v) is 8.73. The van der Waals surface area contributed by atoms with E-state index >= 15 is 0 Å². The fraction of sp³-hybridized carbons (Fsp3) is 0.719. The van der Waals surface area contributed by atoms with Crippen molar-refractivity contribution in [1.82, 2.24) is 0 Å². The Morgan fingerprint density at radius 2 is 1.66 bits per heavy atom. The maximum atomic E-state index is 12.0. The molecular weight excluding hydrogens is 526 g/mol. The second-order valence-electron chi connectivity index (χ2n) is 12.4. The highest BCUT2D eigenvalue weighted by Gasteiger charge is 2.41. The van der Waals surface area contributed by atoms with E-state index in [1.165, 1.54) is 6.21 Å². The number of amides is 1. The van der Waals surface area contributed by atoms with E-state index in [2.05, 4.69) is 4.99 Å². The quantitative estimate of drug-likeness (QED) is 0.199. The molecule has 0 bridgehead atoms. The first-order valence-corrected chi connectivity index (χ1v) is 14.8. The Bertz CT molecular complexity index is 990. The minimum absolute atomic E-state index is 0.0706. The predicted octanol–water partition coefficient (Wildman–Crippen LogP) is 4.24. The van der Waals surface area contributed by atoms with Crippen molar-refractivity contribution in [3.63, 3.8) is 0 Å². The maximum Gasteiger partial charge on any atom is 0.433 e. The van der Waals surface area contributed by atoms with Crippen molar-refractivity contribution >= 4 is 18.3 Å². The lowest BCUT2D eigenvalue weighted by molar-refractivity contribution is -0.179. The Balaban J connectivity index is 1.91. The molecule has 13 atom stereocenters. The van der Waals surface area contributed by atoms with Gasteiger partial charge < -0.3 is 29.9 Å². The van der Waals surface area contributed by atoms with Gasteiger partial charge in [0.1, 0.15) is 12.2 Å². The Labute approximate surface area is 245 Å².